The van der Waals surface area contributed by atoms with E-state index >= 15 is 0 Å². The smallest absolute Gasteiger partial charge is 0.328 e. The van der Waals surface area contributed by atoms with E-state index in [4.69, 9.17) is 5.73 Å². The Hall–Kier alpha value is -2.63. The Morgan fingerprint density at radius 2 is 2.11 bits per heavy atom. The van der Waals surface area contributed by atoms with E-state index in [0.717, 1.165) is 10.9 Å². The number of nitrogens with two attached hydrogens (primary N) is 1. The van der Waals surface area contributed by atoms with Crippen molar-refractivity contribution in [1.29, 1.82) is 0 Å². The van der Waals surface area contributed by atoms with Crippen LogP contribution in [0.5, 0.6) is 0 Å². The zero-order chi connectivity index (χ0) is 13.4. The monoisotopic (exact) mass is 256 g/mol. The molecule has 1 aliphatic rings. The summed E-state index contributed by atoms with van der Waals surface area (Å²) in [6.07, 6.45) is 1.94. The molecule has 1 fully saturated rings. The Morgan fingerprint density at radius 3 is 2.89 bits per heavy atom. The molecule has 6 nitrogen and oxygen atoms in total. The number of fused-ring (bicyclic) bond motifs is 1. The van der Waals surface area contributed by atoms with Crippen LogP contribution in [-0.4, -0.2) is 23.5 Å². The number of benzene rings is 1. The molecule has 3 rings (SSSR count). The number of carbonyl (C=O) groups is 2. The van der Waals surface area contributed by atoms with E-state index in [0.29, 0.717) is 24.3 Å². The summed E-state index contributed by atoms with van der Waals surface area (Å²) in [5, 5.41) is 3.09. The summed E-state index contributed by atoms with van der Waals surface area (Å²) in [6, 6.07) is 6.73. The molecule has 0 bridgehead atoms. The average Bonchev–Trinajstić information content (AvgIpc) is 2.39. The highest BCUT2D eigenvalue weighted by molar-refractivity contribution is 6.06. The van der Waals surface area contributed by atoms with Gasteiger partial charge in [-0.15, -0.1) is 0 Å². The van der Waals surface area contributed by atoms with Crippen LogP contribution in [0.4, 0.5) is 16.2 Å². The molecule has 0 spiro atoms. The number of anilines is 2. The van der Waals surface area contributed by atoms with Gasteiger partial charge in [0.2, 0.25) is 5.91 Å². The van der Waals surface area contributed by atoms with Crippen molar-refractivity contribution in [3.63, 3.8) is 0 Å². The molecule has 2 heterocycles. The van der Waals surface area contributed by atoms with Gasteiger partial charge in [-0.05, 0) is 24.3 Å². The first-order chi connectivity index (χ1) is 9.15. The van der Waals surface area contributed by atoms with Crippen LogP contribution >= 0.6 is 0 Å². The van der Waals surface area contributed by atoms with Crippen LogP contribution in [0, 0.1) is 0 Å². The molecule has 6 heteroatoms. The normalized spacial score (nSPS) is 15.7. The number of carbonyl (C=O) groups excluding carboxylic acids is 2. The summed E-state index contributed by atoms with van der Waals surface area (Å²) in [6.45, 7) is 0.371. The second kappa shape index (κ2) is 4.24. The first kappa shape index (κ1) is 11.5. The van der Waals surface area contributed by atoms with E-state index in [-0.39, 0.29) is 5.91 Å². The number of urea groups is 1. The van der Waals surface area contributed by atoms with Crippen LogP contribution in [0.2, 0.25) is 0 Å². The lowest BCUT2D eigenvalue weighted by Gasteiger charge is -2.26. The van der Waals surface area contributed by atoms with Crippen molar-refractivity contribution in [3.05, 3.63) is 30.5 Å². The Morgan fingerprint density at radius 1 is 1.26 bits per heavy atom. The second-order valence-corrected chi connectivity index (χ2v) is 4.36. The Labute approximate surface area is 109 Å². The number of hydrogen-bond donors (Lipinski definition) is 2. The molecule has 1 aliphatic heterocycles. The lowest BCUT2D eigenvalue weighted by atomic mass is 10.1. The van der Waals surface area contributed by atoms with E-state index in [9.17, 15) is 9.59 Å². The third kappa shape index (κ3) is 1.97. The van der Waals surface area contributed by atoms with Crippen LogP contribution in [0.15, 0.2) is 30.5 Å². The third-order valence-corrected chi connectivity index (χ3v) is 3.12. The summed E-state index contributed by atoms with van der Waals surface area (Å²) in [5.41, 5.74) is 7.99. The zero-order valence-electron chi connectivity index (χ0n) is 10.1. The quantitative estimate of drug-likeness (QED) is 0.804. The predicted octanol–water partition coefficient (Wildman–Crippen LogP) is 1.26. The summed E-state index contributed by atoms with van der Waals surface area (Å²) < 4.78 is 0. The van der Waals surface area contributed by atoms with E-state index < -0.39 is 6.03 Å². The Kier molecular flexibility index (Phi) is 2.56. The molecule has 0 saturated carbocycles. The van der Waals surface area contributed by atoms with Crippen molar-refractivity contribution in [2.45, 2.75) is 6.42 Å². The van der Waals surface area contributed by atoms with Gasteiger partial charge in [0.1, 0.15) is 0 Å². The van der Waals surface area contributed by atoms with Gasteiger partial charge in [-0.1, -0.05) is 0 Å². The summed E-state index contributed by atoms with van der Waals surface area (Å²) in [7, 11) is 0. The number of nitrogens with zero attached hydrogens (tertiary/aromatic N) is 2. The number of nitrogens with one attached hydrogen (secondary N) is 1. The fraction of sp³-hybridized carbons (Fsp3) is 0.154. The number of imide groups is 1. The average molecular weight is 256 g/mol. The van der Waals surface area contributed by atoms with Crippen molar-refractivity contribution in [1.82, 2.24) is 10.3 Å². The molecule has 3 amide bonds. The van der Waals surface area contributed by atoms with Gasteiger partial charge in [-0.25, -0.2) is 4.79 Å². The van der Waals surface area contributed by atoms with Crippen molar-refractivity contribution >= 4 is 34.2 Å². The van der Waals surface area contributed by atoms with E-state index in [1.165, 1.54) is 4.90 Å². The Bertz CT molecular complexity index is 683. The van der Waals surface area contributed by atoms with E-state index in [1.807, 2.05) is 12.1 Å². The summed E-state index contributed by atoms with van der Waals surface area (Å²) in [4.78, 5) is 28.6. The minimum atomic E-state index is -0.405. The molecule has 3 N–H and O–H groups in total. The number of aromatic nitrogens is 1. The van der Waals surface area contributed by atoms with Crippen LogP contribution < -0.4 is 16.0 Å². The lowest BCUT2D eigenvalue weighted by Crippen LogP contribution is -2.49. The number of pyridine rings is 1. The molecule has 1 aromatic heterocycles. The van der Waals surface area contributed by atoms with Gasteiger partial charge in [0.25, 0.3) is 0 Å². The highest BCUT2D eigenvalue weighted by Crippen LogP contribution is 2.25. The molecular formula is C13H12N4O2. The molecule has 0 atom stereocenters. The van der Waals surface area contributed by atoms with Gasteiger partial charge in [0.05, 0.1) is 5.52 Å². The Balaban J connectivity index is 2.04. The fourth-order valence-corrected chi connectivity index (χ4v) is 2.13. The lowest BCUT2D eigenvalue weighted by molar-refractivity contribution is -0.120. The van der Waals surface area contributed by atoms with Gasteiger partial charge in [0, 0.05) is 35.9 Å². The van der Waals surface area contributed by atoms with Crippen molar-refractivity contribution < 1.29 is 9.59 Å². The number of nitrogen functional groups attached to an aromatic ring is 1. The second-order valence-electron chi connectivity index (χ2n) is 4.36. The van der Waals surface area contributed by atoms with Crippen LogP contribution in [0.3, 0.4) is 0 Å². The van der Waals surface area contributed by atoms with Crippen molar-refractivity contribution in [2.24, 2.45) is 0 Å². The fourth-order valence-electron chi connectivity index (χ4n) is 2.13. The molecule has 1 aromatic carbocycles. The van der Waals surface area contributed by atoms with Gasteiger partial charge in [-0.2, -0.15) is 0 Å². The maximum absolute atomic E-state index is 11.8. The van der Waals surface area contributed by atoms with Crippen molar-refractivity contribution in [3.8, 4) is 0 Å². The van der Waals surface area contributed by atoms with Crippen LogP contribution in [-0.2, 0) is 4.79 Å². The topological polar surface area (TPSA) is 88.3 Å². The van der Waals surface area contributed by atoms with Crippen molar-refractivity contribution in [2.75, 3.05) is 17.2 Å². The van der Waals surface area contributed by atoms with Crippen LogP contribution in [0.1, 0.15) is 6.42 Å². The van der Waals surface area contributed by atoms with E-state index in [2.05, 4.69) is 10.3 Å². The SMILES string of the molecule is Nc1ccnc2ccc(N3CCC(=O)NC3=O)cc12. The third-order valence-electron chi connectivity index (χ3n) is 3.12. The van der Waals surface area contributed by atoms with E-state index in [1.54, 1.807) is 18.3 Å². The number of amides is 3. The number of hydrogen-bond acceptors (Lipinski definition) is 4. The van der Waals surface area contributed by atoms with Gasteiger partial charge in [0.15, 0.2) is 0 Å². The zero-order valence-corrected chi connectivity index (χ0v) is 10.1. The number of rotatable bonds is 1. The first-order valence-electron chi connectivity index (χ1n) is 5.91. The standard InChI is InChI=1S/C13H12N4O2/c14-10-3-5-15-11-2-1-8(7-9(10)11)17-6-4-12(18)16-13(17)19/h1-3,5,7H,4,6H2,(H2,14,15)(H,16,18,19). The molecule has 0 aliphatic carbocycles. The molecule has 19 heavy (non-hydrogen) atoms. The molecule has 0 unspecified atom stereocenters. The van der Waals surface area contributed by atoms with Crippen LogP contribution in [0.25, 0.3) is 10.9 Å². The van der Waals surface area contributed by atoms with Gasteiger partial charge in [-0.3, -0.25) is 20.0 Å². The minimum Gasteiger partial charge on any atom is -0.398 e. The summed E-state index contributed by atoms with van der Waals surface area (Å²) in [5.74, 6) is -0.247. The van der Waals surface area contributed by atoms with Gasteiger partial charge < -0.3 is 5.73 Å². The van der Waals surface area contributed by atoms with Gasteiger partial charge >= 0.3 is 6.03 Å². The highest BCUT2D eigenvalue weighted by atomic mass is 16.2. The minimum absolute atomic E-state index is 0.247. The molecule has 2 aromatic rings. The molecular weight excluding hydrogens is 244 g/mol. The predicted molar refractivity (Wildman–Crippen MR) is 71.7 cm³/mol. The molecule has 0 radical (unpaired) electrons. The molecule has 1 saturated heterocycles. The molecule has 96 valence electrons. The summed E-state index contributed by atoms with van der Waals surface area (Å²) >= 11 is 0. The maximum atomic E-state index is 11.8. The highest BCUT2D eigenvalue weighted by Gasteiger charge is 2.24. The maximum Gasteiger partial charge on any atom is 0.328 e. The first-order valence-corrected chi connectivity index (χ1v) is 5.91. The largest absolute Gasteiger partial charge is 0.398 e.